The molecule has 412 valence electrons. The van der Waals surface area contributed by atoms with Crippen LogP contribution in [0.2, 0.25) is 0 Å². The molecule has 0 amide bonds. The highest BCUT2D eigenvalue weighted by molar-refractivity contribution is 7.99. The molecule has 0 bridgehead atoms. The van der Waals surface area contributed by atoms with Gasteiger partial charge in [0.25, 0.3) is 0 Å². The van der Waals surface area contributed by atoms with Gasteiger partial charge in [-0.05, 0) is 104 Å². The van der Waals surface area contributed by atoms with E-state index in [-0.39, 0.29) is 30.6 Å². The molecular formula is C54H92FN5O11S. The molecule has 3 aliphatic rings. The zero-order valence-electron chi connectivity index (χ0n) is 46.2. The Hall–Kier alpha value is -2.33. The average Bonchev–Trinajstić information content (AvgIpc) is 3.80. The predicted molar refractivity (Wildman–Crippen MR) is 276 cm³/mol. The number of likely N-dealkylation sites (N-methyl/N-ethyl adjacent to an activating group) is 2. The second-order valence-electron chi connectivity index (χ2n) is 22.4. The molecule has 1 aromatic heterocycles. The Bertz CT molecular complexity index is 1950. The van der Waals surface area contributed by atoms with Gasteiger partial charge in [0.2, 0.25) is 0 Å². The second kappa shape index (κ2) is 26.6. The summed E-state index contributed by atoms with van der Waals surface area (Å²) in [5, 5.41) is 45.4. The fourth-order valence-electron chi connectivity index (χ4n) is 12.1. The maximum atomic E-state index is 14.8. The second-order valence-corrected chi connectivity index (χ2v) is 23.6. The van der Waals surface area contributed by atoms with Crippen molar-refractivity contribution in [3.8, 4) is 0 Å². The number of esters is 1. The summed E-state index contributed by atoms with van der Waals surface area (Å²) in [5.41, 5.74) is -2.15. The van der Waals surface area contributed by atoms with Crippen LogP contribution in [-0.4, -0.2) is 185 Å². The number of benzene rings is 1. The molecule has 72 heavy (non-hydrogen) atoms. The van der Waals surface area contributed by atoms with Crippen molar-refractivity contribution in [2.24, 2.45) is 23.7 Å². The number of rotatable bonds is 18. The number of thioether (sulfide) groups is 1. The Morgan fingerprint density at radius 2 is 1.68 bits per heavy atom. The van der Waals surface area contributed by atoms with E-state index in [2.05, 4.69) is 36.1 Å². The zero-order valence-corrected chi connectivity index (χ0v) is 47.0. The van der Waals surface area contributed by atoms with Gasteiger partial charge in [-0.15, -0.1) is 16.9 Å². The number of ether oxygens (including phenoxy) is 7. The molecule has 18 heteroatoms. The Balaban J connectivity index is 1.39. The van der Waals surface area contributed by atoms with Crippen molar-refractivity contribution in [1.29, 1.82) is 0 Å². The smallest absolute Gasteiger partial charge is 0.309 e. The maximum Gasteiger partial charge on any atom is 0.309 e. The zero-order chi connectivity index (χ0) is 53.3. The van der Waals surface area contributed by atoms with Gasteiger partial charge in [0.1, 0.15) is 36.6 Å². The molecule has 3 aliphatic heterocycles. The molecule has 3 saturated heterocycles. The fourth-order valence-corrected chi connectivity index (χ4v) is 12.9. The summed E-state index contributed by atoms with van der Waals surface area (Å²) >= 11 is 1.69. The first-order valence-corrected chi connectivity index (χ1v) is 27.4. The molecule has 16 nitrogen and oxygen atoms in total. The lowest BCUT2D eigenvalue weighted by Crippen LogP contribution is -2.59. The Labute approximate surface area is 434 Å². The van der Waals surface area contributed by atoms with E-state index >= 15 is 0 Å². The Morgan fingerprint density at radius 3 is 2.31 bits per heavy atom. The SMILES string of the molecule is CC[C@H]1OC(=O)[C@H](C)[C@@H](C2C[C@@](C)(OC)C[C@H](C)O2)[C@H](C)[C@@H](O[C@H]2C[C@@H](N(C)CCc3cn([C@H](CF)[C@H](OC)c4ccc(SCCOC)cc4)nn3)C[C@@H](C)O2)[C@](C)(O)C[C@@H](C)CN(C)[C@H](C)[C@@H](O)[C@]1(C)O. The molecule has 2 aromatic rings. The van der Waals surface area contributed by atoms with Gasteiger partial charge in [0, 0.05) is 94.9 Å². The van der Waals surface area contributed by atoms with Gasteiger partial charge in [-0.25, -0.2) is 9.07 Å². The van der Waals surface area contributed by atoms with E-state index in [0.29, 0.717) is 51.8 Å². The van der Waals surface area contributed by atoms with Gasteiger partial charge < -0.3 is 58.3 Å². The van der Waals surface area contributed by atoms with Crippen LogP contribution in [0.4, 0.5) is 4.39 Å². The number of hydrogen-bond acceptors (Lipinski definition) is 16. The molecule has 1 aromatic carbocycles. The van der Waals surface area contributed by atoms with Crippen molar-refractivity contribution in [2.45, 2.75) is 203 Å². The van der Waals surface area contributed by atoms with E-state index in [4.69, 9.17) is 33.2 Å². The first kappa shape index (κ1) is 60.5. The van der Waals surface area contributed by atoms with E-state index in [1.807, 2.05) is 90.9 Å². The van der Waals surface area contributed by atoms with Crippen molar-refractivity contribution in [2.75, 3.05) is 67.5 Å². The van der Waals surface area contributed by atoms with Crippen LogP contribution < -0.4 is 0 Å². The summed E-state index contributed by atoms with van der Waals surface area (Å²) in [6.45, 7) is 20.2. The molecule has 0 radical (unpaired) electrons. The van der Waals surface area contributed by atoms with Crippen molar-refractivity contribution < 1.29 is 57.7 Å². The van der Waals surface area contributed by atoms with Crippen LogP contribution >= 0.6 is 11.8 Å². The number of methoxy groups -OCH3 is 3. The Kier molecular flexibility index (Phi) is 22.4. The third kappa shape index (κ3) is 15.2. The van der Waals surface area contributed by atoms with Crippen LogP contribution in [-0.2, 0) is 44.4 Å². The van der Waals surface area contributed by atoms with Gasteiger partial charge in [-0.1, -0.05) is 45.0 Å². The minimum atomic E-state index is -1.76. The minimum absolute atomic E-state index is 0.0392. The number of halogens is 1. The molecule has 3 fully saturated rings. The van der Waals surface area contributed by atoms with Crippen LogP contribution in [0.1, 0.15) is 131 Å². The van der Waals surface area contributed by atoms with Gasteiger partial charge in [0.15, 0.2) is 6.29 Å². The highest BCUT2D eigenvalue weighted by atomic mass is 32.2. The van der Waals surface area contributed by atoms with Crippen molar-refractivity contribution in [3.63, 3.8) is 0 Å². The molecule has 0 spiro atoms. The van der Waals surface area contributed by atoms with Crippen molar-refractivity contribution in [1.82, 2.24) is 24.8 Å². The number of alkyl halides is 1. The summed E-state index contributed by atoms with van der Waals surface area (Å²) in [5.74, 6) is -1.60. The summed E-state index contributed by atoms with van der Waals surface area (Å²) in [6.07, 6.45) is 0.169. The number of hydrogen-bond donors (Lipinski definition) is 3. The van der Waals surface area contributed by atoms with Crippen LogP contribution in [0.25, 0.3) is 0 Å². The minimum Gasteiger partial charge on any atom is -0.459 e. The average molecular weight is 1040 g/mol. The number of carbonyl (C=O) groups excluding carboxylic acids is 1. The van der Waals surface area contributed by atoms with Crippen LogP contribution in [0, 0.1) is 23.7 Å². The molecule has 0 saturated carbocycles. The van der Waals surface area contributed by atoms with Crippen molar-refractivity contribution >= 4 is 17.7 Å². The van der Waals surface area contributed by atoms with Crippen molar-refractivity contribution in [3.05, 3.63) is 41.7 Å². The maximum absolute atomic E-state index is 14.8. The van der Waals surface area contributed by atoms with Crippen LogP contribution in [0.5, 0.6) is 0 Å². The number of aliphatic hydroxyl groups is 3. The predicted octanol–water partition coefficient (Wildman–Crippen LogP) is 7.07. The summed E-state index contributed by atoms with van der Waals surface area (Å²) < 4.78 is 60.4. The summed E-state index contributed by atoms with van der Waals surface area (Å²) in [6, 6.07) is 6.79. The van der Waals surface area contributed by atoms with Gasteiger partial charge >= 0.3 is 5.97 Å². The third-order valence-electron chi connectivity index (χ3n) is 16.2. The number of aromatic nitrogens is 3. The van der Waals surface area contributed by atoms with E-state index in [1.54, 1.807) is 37.8 Å². The summed E-state index contributed by atoms with van der Waals surface area (Å²) in [7, 11) is 8.93. The molecule has 18 atom stereocenters. The molecule has 5 rings (SSSR count). The van der Waals surface area contributed by atoms with Gasteiger partial charge in [0.05, 0.1) is 53.8 Å². The number of cyclic esters (lactones) is 1. The largest absolute Gasteiger partial charge is 0.459 e. The van der Waals surface area contributed by atoms with Gasteiger partial charge in [-0.3, -0.25) is 4.79 Å². The van der Waals surface area contributed by atoms with E-state index in [0.717, 1.165) is 28.3 Å². The first-order valence-electron chi connectivity index (χ1n) is 26.4. The van der Waals surface area contributed by atoms with E-state index in [1.165, 1.54) is 6.92 Å². The highest BCUT2D eigenvalue weighted by Crippen LogP contribution is 2.45. The van der Waals surface area contributed by atoms with E-state index < -0.39 is 96.1 Å². The highest BCUT2D eigenvalue weighted by Gasteiger charge is 2.53. The fraction of sp³-hybridized carbons (Fsp3) is 0.833. The van der Waals surface area contributed by atoms with Crippen LogP contribution in [0.15, 0.2) is 35.4 Å². The van der Waals surface area contributed by atoms with Crippen LogP contribution in [0.3, 0.4) is 0 Å². The monoisotopic (exact) mass is 1040 g/mol. The quantitative estimate of drug-likeness (QED) is 0.0783. The van der Waals surface area contributed by atoms with E-state index in [9.17, 15) is 24.5 Å². The number of aliphatic hydroxyl groups excluding tert-OH is 1. The number of carbonyl (C=O) groups is 1. The Morgan fingerprint density at radius 1 is 0.986 bits per heavy atom. The first-order chi connectivity index (χ1) is 33.9. The lowest BCUT2D eigenvalue weighted by atomic mass is 9.69. The molecule has 0 aliphatic carbocycles. The molecular weight excluding hydrogens is 946 g/mol. The molecule has 1 unspecified atom stereocenters. The topological polar surface area (TPSA) is 180 Å². The standard InChI is InChI=1S/C54H92FN5O11S/c1-16-45-54(10,64)49(61)38(7)59(12)31-33(2)27-53(9,63)50(36(5)47(37(6)51(62)70-45)44-29-52(8,67-15)28-35(4)68-44)71-46-26-41(25-34(3)69-46)58(11)22-21-40-32-60(57-56-40)43(30-55)48(66-14)39-17-19-42(20-18-39)72-24-23-65-13/h17-20,32-38,41,43-50,61,63-64H,16,21-31H2,1-15H3/t33-,34-,35+,36+,37-,38-,41+,43-,44?,45-,46+,47+,48-,49-,50-,52+,53-,54-/m1/s1. The van der Waals surface area contributed by atoms with Gasteiger partial charge in [-0.2, -0.15) is 0 Å². The third-order valence-corrected chi connectivity index (χ3v) is 17.2. The summed E-state index contributed by atoms with van der Waals surface area (Å²) in [4.78, 5) is 20.0. The molecule has 3 N–H and O–H groups in total. The number of nitrogens with zero attached hydrogens (tertiary/aromatic N) is 5. The lowest BCUT2D eigenvalue weighted by Gasteiger charge is -2.50. The normalized spacial score (nSPS) is 37.9. The molecule has 4 heterocycles. The lowest BCUT2D eigenvalue weighted by molar-refractivity contribution is -0.271.